The van der Waals surface area contributed by atoms with E-state index >= 15 is 0 Å². The topological polar surface area (TPSA) is 118 Å². The fraction of sp³-hybridized carbons (Fsp3) is 0.176. The Hall–Kier alpha value is -3.42. The molecule has 130 valence electrons. The summed E-state index contributed by atoms with van der Waals surface area (Å²) in [6, 6.07) is 9.11. The third kappa shape index (κ3) is 6.30. The number of hydrogen-bond acceptors (Lipinski definition) is 6. The van der Waals surface area contributed by atoms with Crippen molar-refractivity contribution >= 4 is 11.9 Å². The first-order valence-electron chi connectivity index (χ1n) is 7.41. The standard InChI is InChI=1S/C17H16N2O6/c20-14(24-9-8-13-10-18-17(23)19-16(13)22)6-7-15(21)25-11-12-4-2-1-3-5-12/h1-7,10H,8-9,11H2,(H2,18,19,22,23)/b7-6+. The molecule has 8 nitrogen and oxygen atoms in total. The molecule has 8 heteroatoms. The van der Waals surface area contributed by atoms with Gasteiger partial charge in [0.2, 0.25) is 0 Å². The van der Waals surface area contributed by atoms with E-state index in [-0.39, 0.29) is 25.2 Å². The van der Waals surface area contributed by atoms with Crippen LogP contribution in [0.1, 0.15) is 11.1 Å². The van der Waals surface area contributed by atoms with Gasteiger partial charge in [-0.2, -0.15) is 0 Å². The Kier molecular flexibility index (Phi) is 6.47. The van der Waals surface area contributed by atoms with Gasteiger partial charge in [0.15, 0.2) is 0 Å². The van der Waals surface area contributed by atoms with Crippen LogP contribution in [-0.2, 0) is 32.1 Å². The predicted octanol–water partition coefficient (Wildman–Crippen LogP) is 0.448. The Labute approximate surface area is 142 Å². The summed E-state index contributed by atoms with van der Waals surface area (Å²) in [5.74, 6) is -1.41. The second-order valence-electron chi connectivity index (χ2n) is 4.94. The van der Waals surface area contributed by atoms with Crippen LogP contribution in [-0.4, -0.2) is 28.5 Å². The summed E-state index contributed by atoms with van der Waals surface area (Å²) < 4.78 is 9.83. The SMILES string of the molecule is O=C(/C=C/C(=O)OCc1ccccc1)OCCc1c[nH]c(=O)[nH]c1=O. The van der Waals surface area contributed by atoms with Crippen LogP contribution in [0.4, 0.5) is 0 Å². The summed E-state index contributed by atoms with van der Waals surface area (Å²) in [6.45, 7) is 0.0331. The first kappa shape index (κ1) is 17.9. The van der Waals surface area contributed by atoms with Crippen LogP contribution >= 0.6 is 0 Å². The van der Waals surface area contributed by atoms with Crippen molar-refractivity contribution in [2.45, 2.75) is 13.0 Å². The molecule has 0 radical (unpaired) electrons. The van der Waals surface area contributed by atoms with Crippen molar-refractivity contribution in [1.82, 2.24) is 9.97 Å². The molecule has 0 atom stereocenters. The first-order chi connectivity index (χ1) is 12.0. The fourth-order valence-electron chi connectivity index (χ4n) is 1.85. The largest absolute Gasteiger partial charge is 0.462 e. The van der Waals surface area contributed by atoms with E-state index in [1.54, 1.807) is 0 Å². The number of benzene rings is 1. The average Bonchev–Trinajstić information content (AvgIpc) is 2.61. The van der Waals surface area contributed by atoms with Gasteiger partial charge in [-0.25, -0.2) is 14.4 Å². The van der Waals surface area contributed by atoms with E-state index in [1.807, 2.05) is 30.3 Å². The van der Waals surface area contributed by atoms with Gasteiger partial charge in [-0.1, -0.05) is 30.3 Å². The second-order valence-corrected chi connectivity index (χ2v) is 4.94. The van der Waals surface area contributed by atoms with Crippen molar-refractivity contribution in [2.24, 2.45) is 0 Å². The Bertz CT molecular complexity index is 866. The summed E-state index contributed by atoms with van der Waals surface area (Å²) >= 11 is 0. The smallest absolute Gasteiger partial charge is 0.331 e. The van der Waals surface area contributed by atoms with Crippen molar-refractivity contribution in [3.63, 3.8) is 0 Å². The zero-order valence-corrected chi connectivity index (χ0v) is 13.2. The molecule has 0 aliphatic carbocycles. The van der Waals surface area contributed by atoms with Gasteiger partial charge in [0.1, 0.15) is 6.61 Å². The van der Waals surface area contributed by atoms with E-state index in [0.717, 1.165) is 17.7 Å². The van der Waals surface area contributed by atoms with Crippen LogP contribution in [0.25, 0.3) is 0 Å². The minimum atomic E-state index is -0.738. The third-order valence-electron chi connectivity index (χ3n) is 3.09. The lowest BCUT2D eigenvalue weighted by Gasteiger charge is -2.02. The fourth-order valence-corrected chi connectivity index (χ4v) is 1.85. The number of carbonyl (C=O) groups is 2. The highest BCUT2D eigenvalue weighted by Gasteiger charge is 2.04. The Morgan fingerprint density at radius 1 is 1.00 bits per heavy atom. The maximum Gasteiger partial charge on any atom is 0.331 e. The molecular weight excluding hydrogens is 328 g/mol. The molecule has 1 aromatic carbocycles. The number of rotatable bonds is 7. The Balaban J connectivity index is 1.72. The summed E-state index contributed by atoms with van der Waals surface area (Å²) in [7, 11) is 0. The zero-order valence-electron chi connectivity index (χ0n) is 13.2. The van der Waals surface area contributed by atoms with E-state index in [9.17, 15) is 19.2 Å². The molecule has 0 saturated carbocycles. The van der Waals surface area contributed by atoms with E-state index in [0.29, 0.717) is 0 Å². The molecule has 0 fully saturated rings. The van der Waals surface area contributed by atoms with E-state index < -0.39 is 23.2 Å². The van der Waals surface area contributed by atoms with Gasteiger partial charge in [0.25, 0.3) is 5.56 Å². The zero-order chi connectivity index (χ0) is 18.1. The quantitative estimate of drug-likeness (QED) is 0.556. The molecule has 0 bridgehead atoms. The van der Waals surface area contributed by atoms with Crippen molar-refractivity contribution in [3.05, 3.63) is 80.6 Å². The lowest BCUT2D eigenvalue weighted by Crippen LogP contribution is -2.25. The van der Waals surface area contributed by atoms with Crippen LogP contribution in [0.3, 0.4) is 0 Å². The lowest BCUT2D eigenvalue weighted by atomic mass is 10.2. The molecular formula is C17H16N2O6. The van der Waals surface area contributed by atoms with E-state index in [2.05, 4.69) is 9.97 Å². The molecule has 2 N–H and O–H groups in total. The molecule has 25 heavy (non-hydrogen) atoms. The van der Waals surface area contributed by atoms with Crippen LogP contribution < -0.4 is 11.2 Å². The average molecular weight is 344 g/mol. The predicted molar refractivity (Wildman–Crippen MR) is 87.7 cm³/mol. The number of nitrogens with one attached hydrogen (secondary N) is 2. The van der Waals surface area contributed by atoms with Gasteiger partial charge in [-0.15, -0.1) is 0 Å². The maximum absolute atomic E-state index is 11.5. The molecule has 1 heterocycles. The number of aromatic nitrogens is 2. The lowest BCUT2D eigenvalue weighted by molar-refractivity contribution is -0.141. The van der Waals surface area contributed by atoms with Crippen molar-refractivity contribution in [2.75, 3.05) is 6.61 Å². The molecule has 0 spiro atoms. The molecule has 2 rings (SSSR count). The van der Waals surface area contributed by atoms with Crippen molar-refractivity contribution in [3.8, 4) is 0 Å². The Morgan fingerprint density at radius 2 is 1.68 bits per heavy atom. The summed E-state index contributed by atoms with van der Waals surface area (Å²) in [4.78, 5) is 49.7. The molecule has 0 aliphatic rings. The minimum Gasteiger partial charge on any atom is -0.462 e. The molecule has 1 aromatic heterocycles. The third-order valence-corrected chi connectivity index (χ3v) is 3.09. The van der Waals surface area contributed by atoms with Gasteiger partial charge in [-0.05, 0) is 5.56 Å². The molecule has 0 unspecified atom stereocenters. The van der Waals surface area contributed by atoms with Gasteiger partial charge in [0, 0.05) is 30.3 Å². The summed E-state index contributed by atoms with van der Waals surface area (Å²) in [5.41, 5.74) is -0.0425. The highest BCUT2D eigenvalue weighted by Crippen LogP contribution is 2.01. The monoisotopic (exact) mass is 344 g/mol. The number of aromatic amines is 2. The number of esters is 2. The second kappa shape index (κ2) is 9.02. The molecule has 0 saturated heterocycles. The van der Waals surface area contributed by atoms with Gasteiger partial charge in [-0.3, -0.25) is 9.78 Å². The summed E-state index contributed by atoms with van der Waals surface area (Å²) in [6.07, 6.45) is 3.30. The van der Waals surface area contributed by atoms with Crippen LogP contribution in [0.5, 0.6) is 0 Å². The summed E-state index contributed by atoms with van der Waals surface area (Å²) in [5, 5.41) is 0. The van der Waals surface area contributed by atoms with Crippen LogP contribution in [0, 0.1) is 0 Å². The van der Waals surface area contributed by atoms with E-state index in [4.69, 9.17) is 9.47 Å². The van der Waals surface area contributed by atoms with Gasteiger partial charge < -0.3 is 14.5 Å². The highest BCUT2D eigenvalue weighted by atomic mass is 16.5. The van der Waals surface area contributed by atoms with Crippen molar-refractivity contribution < 1.29 is 19.1 Å². The molecule has 0 aliphatic heterocycles. The molecule has 2 aromatic rings. The van der Waals surface area contributed by atoms with Gasteiger partial charge >= 0.3 is 17.6 Å². The number of carbonyl (C=O) groups excluding carboxylic acids is 2. The van der Waals surface area contributed by atoms with Crippen molar-refractivity contribution in [1.29, 1.82) is 0 Å². The Morgan fingerprint density at radius 3 is 2.36 bits per heavy atom. The molecule has 0 amide bonds. The van der Waals surface area contributed by atoms with Gasteiger partial charge in [0.05, 0.1) is 6.61 Å². The normalized spacial score (nSPS) is 10.6. The van der Waals surface area contributed by atoms with Crippen LogP contribution in [0.2, 0.25) is 0 Å². The maximum atomic E-state index is 11.5. The highest BCUT2D eigenvalue weighted by molar-refractivity contribution is 5.91. The first-order valence-corrected chi connectivity index (χ1v) is 7.41. The van der Waals surface area contributed by atoms with E-state index in [1.165, 1.54) is 6.20 Å². The number of H-pyrrole nitrogens is 2. The number of ether oxygens (including phenoxy) is 2. The van der Waals surface area contributed by atoms with Crippen LogP contribution in [0.15, 0.2) is 58.3 Å². The number of hydrogen-bond donors (Lipinski definition) is 2. The minimum absolute atomic E-state index is 0.0721.